The normalized spacial score (nSPS) is 24.6. The zero-order valence-electron chi connectivity index (χ0n) is 18.2. The molecule has 2 saturated heterocycles. The first-order valence-corrected chi connectivity index (χ1v) is 12.1. The first-order chi connectivity index (χ1) is 13.8. The van der Waals surface area contributed by atoms with Gasteiger partial charge in [-0.3, -0.25) is 9.89 Å². The van der Waals surface area contributed by atoms with Gasteiger partial charge < -0.3 is 15.5 Å². The van der Waals surface area contributed by atoms with E-state index in [9.17, 15) is 0 Å². The number of nitrogens with zero attached hydrogens (tertiary/aromatic N) is 3. The van der Waals surface area contributed by atoms with E-state index in [-0.39, 0.29) is 24.0 Å². The summed E-state index contributed by atoms with van der Waals surface area (Å²) in [4.78, 5) is 11.1. The van der Waals surface area contributed by atoms with E-state index in [0.717, 1.165) is 19.0 Å². The van der Waals surface area contributed by atoms with Gasteiger partial charge in [0, 0.05) is 31.1 Å². The van der Waals surface area contributed by atoms with Crippen LogP contribution in [0.25, 0.3) is 0 Å². The zero-order valence-corrected chi connectivity index (χ0v) is 21.4. The van der Waals surface area contributed by atoms with Gasteiger partial charge in [0.2, 0.25) is 0 Å². The minimum absolute atomic E-state index is 0. The highest BCUT2D eigenvalue weighted by Crippen LogP contribution is 2.36. The topological polar surface area (TPSA) is 42.9 Å². The Bertz CT molecular complexity index is 572. The fourth-order valence-corrected chi connectivity index (χ4v) is 5.68. The number of nitrogens with one attached hydrogen (secondary N) is 2. The second kappa shape index (κ2) is 13.8. The van der Waals surface area contributed by atoms with Crippen LogP contribution in [0.4, 0.5) is 0 Å². The molecule has 1 aromatic rings. The van der Waals surface area contributed by atoms with Crippen LogP contribution in [0.5, 0.6) is 0 Å². The average molecular weight is 534 g/mol. The summed E-state index contributed by atoms with van der Waals surface area (Å²) in [7, 11) is 4.15. The Morgan fingerprint density at radius 2 is 1.93 bits per heavy atom. The lowest BCUT2D eigenvalue weighted by atomic mass is 9.88. The molecule has 2 fully saturated rings. The van der Waals surface area contributed by atoms with Crippen LogP contribution in [0.15, 0.2) is 22.5 Å². The smallest absolute Gasteiger partial charge is 0.190 e. The molecule has 0 aliphatic carbocycles. The van der Waals surface area contributed by atoms with Gasteiger partial charge in [-0.1, -0.05) is 18.9 Å². The summed E-state index contributed by atoms with van der Waals surface area (Å²) < 4.78 is 0. The standard InChI is InChI=1S/C22H39N5S.HI/c1-23-22(24-12-9-16-27-14-5-3-4-6-15-27)25-18-19-10-7-13-26(2)21(19)20-11-8-17-28-20;/h8,11,17,19,21H,3-7,9-10,12-16,18H2,1-2H3,(H2,23,24,25);1H. The maximum atomic E-state index is 4.45. The van der Waals surface area contributed by atoms with Crippen molar-refractivity contribution in [1.82, 2.24) is 20.4 Å². The van der Waals surface area contributed by atoms with Crippen LogP contribution >= 0.6 is 35.3 Å². The minimum atomic E-state index is 0. The summed E-state index contributed by atoms with van der Waals surface area (Å²) in [5.41, 5.74) is 0. The highest BCUT2D eigenvalue weighted by Gasteiger charge is 2.31. The molecule has 3 rings (SSSR count). The number of hydrogen-bond acceptors (Lipinski definition) is 4. The van der Waals surface area contributed by atoms with E-state index < -0.39 is 0 Å². The molecule has 0 aromatic carbocycles. The molecule has 3 heterocycles. The van der Waals surface area contributed by atoms with E-state index in [1.165, 1.54) is 76.0 Å². The Morgan fingerprint density at radius 1 is 1.14 bits per heavy atom. The van der Waals surface area contributed by atoms with Gasteiger partial charge in [-0.2, -0.15) is 0 Å². The molecule has 29 heavy (non-hydrogen) atoms. The van der Waals surface area contributed by atoms with Gasteiger partial charge >= 0.3 is 0 Å². The molecule has 0 radical (unpaired) electrons. The highest BCUT2D eigenvalue weighted by atomic mass is 127. The van der Waals surface area contributed by atoms with Gasteiger partial charge in [-0.25, -0.2) is 0 Å². The molecule has 2 N–H and O–H groups in total. The summed E-state index contributed by atoms with van der Waals surface area (Å²) in [5, 5.41) is 9.33. The van der Waals surface area contributed by atoms with E-state index in [4.69, 9.17) is 0 Å². The number of aliphatic imine (C=N–C) groups is 1. The van der Waals surface area contributed by atoms with Crippen molar-refractivity contribution in [3.05, 3.63) is 22.4 Å². The third kappa shape index (κ3) is 7.99. The maximum Gasteiger partial charge on any atom is 0.190 e. The SMILES string of the molecule is CN=C(NCCCN1CCCCCC1)NCC1CCCN(C)C1c1cccs1.I. The molecule has 7 heteroatoms. The van der Waals surface area contributed by atoms with Crippen LogP contribution < -0.4 is 10.6 Å². The van der Waals surface area contributed by atoms with Crippen molar-refractivity contribution in [1.29, 1.82) is 0 Å². The second-order valence-corrected chi connectivity index (χ2v) is 9.31. The summed E-state index contributed by atoms with van der Waals surface area (Å²) in [6, 6.07) is 5.00. The van der Waals surface area contributed by atoms with Gasteiger partial charge in [-0.15, -0.1) is 35.3 Å². The van der Waals surface area contributed by atoms with E-state index in [2.05, 4.69) is 50.0 Å². The minimum Gasteiger partial charge on any atom is -0.356 e. The number of guanidine groups is 1. The second-order valence-electron chi connectivity index (χ2n) is 8.33. The fraction of sp³-hybridized carbons (Fsp3) is 0.773. The van der Waals surface area contributed by atoms with E-state index in [1.54, 1.807) is 0 Å². The molecular formula is C22H40IN5S. The van der Waals surface area contributed by atoms with Crippen molar-refractivity contribution in [2.75, 3.05) is 53.4 Å². The monoisotopic (exact) mass is 533 g/mol. The molecule has 166 valence electrons. The van der Waals surface area contributed by atoms with Gasteiger partial charge in [-0.05, 0) is 82.7 Å². The predicted octanol–water partition coefficient (Wildman–Crippen LogP) is 4.18. The molecule has 0 amide bonds. The van der Waals surface area contributed by atoms with E-state index in [1.807, 2.05) is 18.4 Å². The Labute approximate surface area is 198 Å². The van der Waals surface area contributed by atoms with E-state index >= 15 is 0 Å². The Hall–Kier alpha value is -0.380. The van der Waals surface area contributed by atoms with Crippen LogP contribution in [0.2, 0.25) is 0 Å². The Morgan fingerprint density at radius 3 is 2.62 bits per heavy atom. The van der Waals surface area contributed by atoms with E-state index in [0.29, 0.717) is 12.0 Å². The fourth-order valence-electron chi connectivity index (χ4n) is 4.70. The van der Waals surface area contributed by atoms with Gasteiger partial charge in [0.1, 0.15) is 0 Å². The van der Waals surface area contributed by atoms with Gasteiger partial charge in [0.05, 0.1) is 0 Å². The molecule has 2 unspecified atom stereocenters. The zero-order chi connectivity index (χ0) is 19.6. The van der Waals surface area contributed by atoms with Crippen LogP contribution in [0.1, 0.15) is 55.9 Å². The summed E-state index contributed by atoms with van der Waals surface area (Å²) in [5.74, 6) is 1.59. The third-order valence-corrected chi connectivity index (χ3v) is 7.18. The molecule has 0 saturated carbocycles. The molecule has 0 spiro atoms. The molecule has 2 aliphatic heterocycles. The number of thiophene rings is 1. The largest absolute Gasteiger partial charge is 0.356 e. The Balaban J connectivity index is 0.00000300. The molecule has 1 aromatic heterocycles. The summed E-state index contributed by atoms with van der Waals surface area (Å²) in [6.45, 7) is 6.95. The third-order valence-electron chi connectivity index (χ3n) is 6.24. The van der Waals surface area contributed by atoms with Crippen LogP contribution in [-0.2, 0) is 0 Å². The van der Waals surface area contributed by atoms with Crippen molar-refractivity contribution in [3.8, 4) is 0 Å². The molecular weight excluding hydrogens is 493 g/mol. The number of piperidine rings is 1. The van der Waals surface area contributed by atoms with Crippen molar-refractivity contribution >= 4 is 41.3 Å². The molecule has 2 atom stereocenters. The van der Waals surface area contributed by atoms with Gasteiger partial charge in [0.25, 0.3) is 0 Å². The lowest BCUT2D eigenvalue weighted by Gasteiger charge is -2.39. The lowest BCUT2D eigenvalue weighted by Crippen LogP contribution is -2.45. The number of rotatable bonds is 7. The van der Waals surface area contributed by atoms with Gasteiger partial charge in [0.15, 0.2) is 5.96 Å². The lowest BCUT2D eigenvalue weighted by molar-refractivity contribution is 0.125. The predicted molar refractivity (Wildman–Crippen MR) is 137 cm³/mol. The summed E-state index contributed by atoms with van der Waals surface area (Å²) >= 11 is 1.89. The maximum absolute atomic E-state index is 4.45. The summed E-state index contributed by atoms with van der Waals surface area (Å²) in [6.07, 6.45) is 9.32. The molecule has 2 aliphatic rings. The van der Waals surface area contributed by atoms with Crippen molar-refractivity contribution in [3.63, 3.8) is 0 Å². The van der Waals surface area contributed by atoms with Crippen LogP contribution in [0, 0.1) is 5.92 Å². The number of hydrogen-bond donors (Lipinski definition) is 2. The van der Waals surface area contributed by atoms with Crippen molar-refractivity contribution in [2.24, 2.45) is 10.9 Å². The highest BCUT2D eigenvalue weighted by molar-refractivity contribution is 14.0. The molecule has 5 nitrogen and oxygen atoms in total. The quantitative estimate of drug-likeness (QED) is 0.239. The molecule has 0 bridgehead atoms. The number of halogens is 1. The van der Waals surface area contributed by atoms with Crippen LogP contribution in [-0.4, -0.2) is 69.1 Å². The first-order valence-electron chi connectivity index (χ1n) is 11.2. The van der Waals surface area contributed by atoms with Crippen LogP contribution in [0.3, 0.4) is 0 Å². The Kier molecular flexibility index (Phi) is 11.9. The average Bonchev–Trinajstić information content (AvgIpc) is 3.10. The van der Waals surface area contributed by atoms with Crippen molar-refractivity contribution in [2.45, 2.75) is 51.0 Å². The first kappa shape index (κ1) is 24.9. The number of likely N-dealkylation sites (tertiary alicyclic amines) is 2. The van der Waals surface area contributed by atoms with Crippen molar-refractivity contribution < 1.29 is 0 Å².